The van der Waals surface area contributed by atoms with Crippen molar-refractivity contribution in [3.05, 3.63) is 30.6 Å². The van der Waals surface area contributed by atoms with Crippen LogP contribution < -0.4 is 0 Å². The van der Waals surface area contributed by atoms with Gasteiger partial charge in [-0.15, -0.1) is 0 Å². The van der Waals surface area contributed by atoms with Crippen LogP contribution in [-0.4, -0.2) is 44.4 Å². The molecule has 0 saturated heterocycles. The van der Waals surface area contributed by atoms with Gasteiger partial charge in [0.05, 0.1) is 0 Å². The summed E-state index contributed by atoms with van der Waals surface area (Å²) in [5, 5.41) is 0. The molecule has 0 N–H and O–H groups in total. The van der Waals surface area contributed by atoms with E-state index in [1.54, 1.807) is 24.3 Å². The van der Waals surface area contributed by atoms with E-state index in [0.717, 1.165) is 0 Å². The first-order valence-electron chi connectivity index (χ1n) is 4.50. The highest BCUT2D eigenvalue weighted by atomic mass is 16.2. The first kappa shape index (κ1) is 8.22. The quantitative estimate of drug-likeness (QED) is 0.583. The summed E-state index contributed by atoms with van der Waals surface area (Å²) in [4.78, 5) is 30.8. The highest BCUT2D eigenvalue weighted by Gasteiger charge is 2.42. The maximum absolute atomic E-state index is 12.0. The Morgan fingerprint density at radius 1 is 1.33 bits per heavy atom. The summed E-state index contributed by atoms with van der Waals surface area (Å²) >= 11 is 0. The van der Waals surface area contributed by atoms with Gasteiger partial charge in [-0.1, -0.05) is 0 Å². The van der Waals surface area contributed by atoms with Gasteiger partial charge >= 0.3 is 0 Å². The average molecular weight is 204 g/mol. The highest BCUT2D eigenvalue weighted by Crippen LogP contribution is 2.23. The van der Waals surface area contributed by atoms with Crippen LogP contribution in [0.5, 0.6) is 0 Å². The van der Waals surface area contributed by atoms with Gasteiger partial charge in [-0.2, -0.15) is 0 Å². The van der Waals surface area contributed by atoms with Crippen LogP contribution in [0.15, 0.2) is 24.8 Å². The number of amides is 1. The molecule has 0 fully saturated rings. The van der Waals surface area contributed by atoms with Crippen molar-refractivity contribution < 1.29 is 9.59 Å². The van der Waals surface area contributed by atoms with Crippen molar-refractivity contribution >= 4 is 11.8 Å². The molecule has 0 bridgehead atoms. The Balaban J connectivity index is 2.18. The number of aromatic nitrogens is 2. The second-order valence-corrected chi connectivity index (χ2v) is 3.51. The summed E-state index contributed by atoms with van der Waals surface area (Å²) in [6, 6.07) is 0. The third-order valence-corrected chi connectivity index (χ3v) is 2.64. The van der Waals surface area contributed by atoms with Crippen molar-refractivity contribution in [2.24, 2.45) is 0 Å². The van der Waals surface area contributed by atoms with Gasteiger partial charge in [-0.05, 0) is 0 Å². The molecule has 3 heterocycles. The number of likely N-dealkylation sites (N-methyl/N-ethyl adjacent to an activating group) is 1. The lowest BCUT2D eigenvalue weighted by atomic mass is 10.3. The molecule has 1 atom stereocenters. The summed E-state index contributed by atoms with van der Waals surface area (Å²) in [7, 11) is 1.76. The van der Waals surface area contributed by atoms with Gasteiger partial charge in [-0.3, -0.25) is 19.1 Å². The number of hydrogen-bond donors (Lipinski definition) is 0. The van der Waals surface area contributed by atoms with E-state index in [4.69, 9.17) is 0 Å². The van der Waals surface area contributed by atoms with Crippen LogP contribution in [0.25, 0.3) is 0 Å². The molecule has 0 spiro atoms. The van der Waals surface area contributed by atoms with Gasteiger partial charge in [-0.25, -0.2) is 4.98 Å². The van der Waals surface area contributed by atoms with Gasteiger partial charge in [0.2, 0.25) is 5.82 Å². The molecule has 2 aliphatic rings. The molecule has 15 heavy (non-hydrogen) atoms. The summed E-state index contributed by atoms with van der Waals surface area (Å²) in [5.74, 6) is -0.226. The van der Waals surface area contributed by atoms with Gasteiger partial charge in [0.15, 0.2) is 6.17 Å². The molecule has 6 heteroatoms. The minimum absolute atomic E-state index is 0.158. The Morgan fingerprint density at radius 2 is 2.13 bits per heavy atom. The zero-order valence-electron chi connectivity index (χ0n) is 7.99. The van der Waals surface area contributed by atoms with Crippen LogP contribution >= 0.6 is 0 Å². The molecular formula is C9H8N4O2. The van der Waals surface area contributed by atoms with Crippen molar-refractivity contribution in [1.29, 1.82) is 0 Å². The fourth-order valence-corrected chi connectivity index (χ4v) is 1.89. The van der Waals surface area contributed by atoms with Gasteiger partial charge in [0.1, 0.15) is 0 Å². The van der Waals surface area contributed by atoms with Crippen LogP contribution in [0.4, 0.5) is 0 Å². The lowest BCUT2D eigenvalue weighted by molar-refractivity contribution is 0.0479. The fraction of sp³-hybridized carbons (Fsp3) is 0.222. The molecule has 76 valence electrons. The van der Waals surface area contributed by atoms with E-state index in [2.05, 4.69) is 4.98 Å². The van der Waals surface area contributed by atoms with E-state index in [-0.39, 0.29) is 17.6 Å². The third kappa shape index (κ3) is 0.855. The van der Waals surface area contributed by atoms with Gasteiger partial charge < -0.3 is 4.90 Å². The number of hydrogen-bond acceptors (Lipinski definition) is 4. The lowest BCUT2D eigenvalue weighted by Crippen LogP contribution is -2.53. The molecular weight excluding hydrogens is 196 g/mol. The van der Waals surface area contributed by atoms with Gasteiger partial charge in [0.25, 0.3) is 11.8 Å². The SMILES string of the molecule is CN1C=CN2C(=O)c3nccn3C(=O)C12. The van der Waals surface area contributed by atoms with Crippen LogP contribution in [-0.2, 0) is 0 Å². The molecule has 0 aliphatic carbocycles. The predicted octanol–water partition coefficient (Wildman–Crippen LogP) is -0.278. The van der Waals surface area contributed by atoms with E-state index >= 15 is 0 Å². The molecule has 0 aromatic carbocycles. The van der Waals surface area contributed by atoms with Crippen molar-refractivity contribution in [1.82, 2.24) is 19.4 Å². The summed E-state index contributed by atoms with van der Waals surface area (Å²) < 4.78 is 1.30. The molecule has 0 radical (unpaired) electrons. The monoisotopic (exact) mass is 204 g/mol. The maximum atomic E-state index is 12.0. The summed E-state index contributed by atoms with van der Waals surface area (Å²) in [5.41, 5.74) is 0. The second kappa shape index (κ2) is 2.47. The average Bonchev–Trinajstić information content (AvgIpc) is 2.80. The van der Waals surface area contributed by atoms with Crippen LogP contribution in [0.1, 0.15) is 15.4 Å². The van der Waals surface area contributed by atoms with Crippen molar-refractivity contribution in [3.8, 4) is 0 Å². The first-order valence-corrected chi connectivity index (χ1v) is 4.50. The summed E-state index contributed by atoms with van der Waals surface area (Å²) in [6.45, 7) is 0. The minimum Gasteiger partial charge on any atom is -0.351 e. The lowest BCUT2D eigenvalue weighted by Gasteiger charge is -2.31. The highest BCUT2D eigenvalue weighted by molar-refractivity contribution is 6.03. The smallest absolute Gasteiger partial charge is 0.296 e. The molecule has 1 unspecified atom stereocenters. The normalized spacial score (nSPS) is 23.4. The summed E-state index contributed by atoms with van der Waals surface area (Å²) in [6.07, 6.45) is 5.71. The molecule has 3 rings (SSSR count). The largest absolute Gasteiger partial charge is 0.351 e. The first-order chi connectivity index (χ1) is 7.20. The molecule has 0 saturated carbocycles. The van der Waals surface area contributed by atoms with Crippen molar-refractivity contribution in [2.45, 2.75) is 6.17 Å². The zero-order chi connectivity index (χ0) is 10.6. The predicted molar refractivity (Wildman–Crippen MR) is 49.7 cm³/mol. The Bertz CT molecular complexity index is 490. The Morgan fingerprint density at radius 3 is 2.93 bits per heavy atom. The molecule has 6 nitrogen and oxygen atoms in total. The molecule has 1 aromatic heterocycles. The topological polar surface area (TPSA) is 58.4 Å². The Kier molecular flexibility index (Phi) is 1.35. The minimum atomic E-state index is -0.556. The Labute approximate surface area is 85.4 Å². The molecule has 1 amide bonds. The fourth-order valence-electron chi connectivity index (χ4n) is 1.89. The van der Waals surface area contributed by atoms with Gasteiger partial charge in [0, 0.05) is 31.8 Å². The molecule has 2 aliphatic heterocycles. The number of nitrogens with zero attached hydrogens (tertiary/aromatic N) is 4. The van der Waals surface area contributed by atoms with E-state index in [9.17, 15) is 9.59 Å². The second-order valence-electron chi connectivity index (χ2n) is 3.51. The van der Waals surface area contributed by atoms with E-state index in [0.29, 0.717) is 0 Å². The number of fused-ring (bicyclic) bond motifs is 2. The number of carbonyl (C=O) groups excluding carboxylic acids is 2. The van der Waals surface area contributed by atoms with Crippen molar-refractivity contribution in [3.63, 3.8) is 0 Å². The zero-order valence-corrected chi connectivity index (χ0v) is 7.99. The van der Waals surface area contributed by atoms with Crippen LogP contribution in [0.3, 0.4) is 0 Å². The standard InChI is InChI=1S/C9H8N4O2/c1-11-4-5-13-7(11)9(15)12-3-2-10-6(12)8(13)14/h2-5,7H,1H3. The van der Waals surface area contributed by atoms with E-state index in [1.807, 2.05) is 0 Å². The number of rotatable bonds is 0. The van der Waals surface area contributed by atoms with Crippen LogP contribution in [0, 0.1) is 0 Å². The van der Waals surface area contributed by atoms with E-state index in [1.165, 1.54) is 21.9 Å². The molecule has 1 aromatic rings. The number of imidazole rings is 1. The Hall–Kier alpha value is -2.11. The van der Waals surface area contributed by atoms with Crippen LogP contribution in [0.2, 0.25) is 0 Å². The third-order valence-electron chi connectivity index (χ3n) is 2.64. The number of carbonyl (C=O) groups is 2. The maximum Gasteiger partial charge on any atom is 0.296 e. The van der Waals surface area contributed by atoms with E-state index < -0.39 is 6.17 Å². The van der Waals surface area contributed by atoms with Crippen molar-refractivity contribution in [2.75, 3.05) is 7.05 Å².